The lowest BCUT2D eigenvalue weighted by Gasteiger charge is -2.18. The van der Waals surface area contributed by atoms with Crippen LogP contribution >= 0.6 is 15.9 Å². The summed E-state index contributed by atoms with van der Waals surface area (Å²) in [6.07, 6.45) is 3.10. The van der Waals surface area contributed by atoms with E-state index in [1.54, 1.807) is 10.9 Å². The first-order valence-corrected chi connectivity index (χ1v) is 5.90. The molecular formula is C10H16BrN3O. The van der Waals surface area contributed by atoms with E-state index in [1.165, 1.54) is 6.20 Å². The number of likely N-dealkylation sites (N-methyl/N-ethyl adjacent to an activating group) is 1. The van der Waals surface area contributed by atoms with Crippen LogP contribution in [0.2, 0.25) is 0 Å². The summed E-state index contributed by atoms with van der Waals surface area (Å²) >= 11 is 3.18. The minimum atomic E-state index is -0.0165. The van der Waals surface area contributed by atoms with Gasteiger partial charge in [0.25, 0.3) is 5.56 Å². The Hall–Kier alpha value is -0.680. The van der Waals surface area contributed by atoms with E-state index in [-0.39, 0.29) is 5.56 Å². The predicted molar refractivity (Wildman–Crippen MR) is 64.0 cm³/mol. The maximum Gasteiger partial charge on any atom is 0.267 e. The van der Waals surface area contributed by atoms with Gasteiger partial charge < -0.3 is 4.90 Å². The summed E-state index contributed by atoms with van der Waals surface area (Å²) in [4.78, 5) is 17.9. The largest absolute Gasteiger partial charge is 0.302 e. The van der Waals surface area contributed by atoms with Crippen molar-refractivity contribution in [3.8, 4) is 0 Å². The van der Waals surface area contributed by atoms with Crippen molar-refractivity contribution in [1.82, 2.24) is 14.5 Å². The highest BCUT2D eigenvalue weighted by molar-refractivity contribution is 9.10. The van der Waals surface area contributed by atoms with E-state index >= 15 is 0 Å². The minimum Gasteiger partial charge on any atom is -0.302 e. The third-order valence-electron chi connectivity index (χ3n) is 2.41. The zero-order valence-electron chi connectivity index (χ0n) is 9.11. The molecule has 4 nitrogen and oxygen atoms in total. The molecule has 1 heterocycles. The van der Waals surface area contributed by atoms with Gasteiger partial charge in [-0.1, -0.05) is 13.8 Å². The Bertz CT molecular complexity index is 360. The molecule has 0 atom stereocenters. The summed E-state index contributed by atoms with van der Waals surface area (Å²) in [5.41, 5.74) is -0.0165. The fourth-order valence-electron chi connectivity index (χ4n) is 1.37. The maximum atomic E-state index is 11.6. The smallest absolute Gasteiger partial charge is 0.267 e. The summed E-state index contributed by atoms with van der Waals surface area (Å²) in [5.74, 6) is 0. The normalized spacial score (nSPS) is 10.9. The number of rotatable bonds is 5. The molecule has 0 saturated heterocycles. The lowest BCUT2D eigenvalue weighted by Crippen LogP contribution is -2.31. The van der Waals surface area contributed by atoms with Crippen molar-refractivity contribution in [2.75, 3.05) is 19.6 Å². The predicted octanol–water partition coefficient (Wildman–Crippen LogP) is 1.35. The van der Waals surface area contributed by atoms with Gasteiger partial charge in [-0.15, -0.1) is 0 Å². The van der Waals surface area contributed by atoms with Crippen molar-refractivity contribution in [3.63, 3.8) is 0 Å². The molecule has 1 rings (SSSR count). The zero-order chi connectivity index (χ0) is 11.3. The highest BCUT2D eigenvalue weighted by Crippen LogP contribution is 1.98. The van der Waals surface area contributed by atoms with E-state index in [0.29, 0.717) is 11.0 Å². The first-order valence-electron chi connectivity index (χ1n) is 5.11. The average Bonchev–Trinajstić information content (AvgIpc) is 2.25. The van der Waals surface area contributed by atoms with Gasteiger partial charge in [0.2, 0.25) is 0 Å². The van der Waals surface area contributed by atoms with Crippen LogP contribution in [0.15, 0.2) is 21.8 Å². The van der Waals surface area contributed by atoms with E-state index in [0.717, 1.165) is 19.6 Å². The minimum absolute atomic E-state index is 0.0165. The van der Waals surface area contributed by atoms with Crippen LogP contribution in [0.25, 0.3) is 0 Å². The molecule has 0 aliphatic carbocycles. The molecule has 1 aromatic rings. The molecule has 0 radical (unpaired) electrons. The molecule has 5 heteroatoms. The Kier molecular flexibility index (Phi) is 4.98. The molecule has 0 N–H and O–H groups in total. The second-order valence-corrected chi connectivity index (χ2v) is 4.12. The van der Waals surface area contributed by atoms with Crippen LogP contribution in [0, 0.1) is 0 Å². The summed E-state index contributed by atoms with van der Waals surface area (Å²) < 4.78 is 2.15. The summed E-state index contributed by atoms with van der Waals surface area (Å²) in [5, 5.41) is 0. The highest BCUT2D eigenvalue weighted by Gasteiger charge is 2.03. The van der Waals surface area contributed by atoms with Gasteiger partial charge in [0.05, 0.1) is 6.33 Å². The molecule has 0 aliphatic rings. The van der Waals surface area contributed by atoms with Crippen molar-refractivity contribution in [1.29, 1.82) is 0 Å². The summed E-state index contributed by atoms with van der Waals surface area (Å²) in [6.45, 7) is 7.81. The van der Waals surface area contributed by atoms with Crippen LogP contribution in [0.1, 0.15) is 13.8 Å². The molecule has 0 spiro atoms. The van der Waals surface area contributed by atoms with Crippen molar-refractivity contribution in [3.05, 3.63) is 27.4 Å². The number of hydrogen-bond donors (Lipinski definition) is 0. The Balaban J connectivity index is 2.65. The Labute approximate surface area is 98.1 Å². The van der Waals surface area contributed by atoms with Gasteiger partial charge in [0.15, 0.2) is 0 Å². The van der Waals surface area contributed by atoms with E-state index < -0.39 is 0 Å². The van der Waals surface area contributed by atoms with Crippen molar-refractivity contribution in [2.24, 2.45) is 0 Å². The number of hydrogen-bond acceptors (Lipinski definition) is 3. The zero-order valence-corrected chi connectivity index (χ0v) is 10.7. The van der Waals surface area contributed by atoms with Crippen LogP contribution in [-0.4, -0.2) is 34.1 Å². The highest BCUT2D eigenvalue weighted by atomic mass is 79.9. The first-order chi connectivity index (χ1) is 7.19. The number of aromatic nitrogens is 2. The molecule has 0 unspecified atom stereocenters. The second kappa shape index (κ2) is 6.02. The van der Waals surface area contributed by atoms with Crippen LogP contribution in [0.4, 0.5) is 0 Å². The number of nitrogens with zero attached hydrogens (tertiary/aromatic N) is 3. The maximum absolute atomic E-state index is 11.6. The van der Waals surface area contributed by atoms with Crippen LogP contribution in [0.5, 0.6) is 0 Å². The molecular weight excluding hydrogens is 258 g/mol. The van der Waals surface area contributed by atoms with Gasteiger partial charge in [-0.25, -0.2) is 4.98 Å². The standard InChI is InChI=1S/C10H16BrN3O/c1-3-13(4-2)5-6-14-8-12-7-9(11)10(14)15/h7-8H,3-6H2,1-2H3. The van der Waals surface area contributed by atoms with Crippen LogP contribution < -0.4 is 5.56 Å². The lowest BCUT2D eigenvalue weighted by molar-refractivity contribution is 0.288. The number of halogens is 1. The van der Waals surface area contributed by atoms with E-state index in [4.69, 9.17) is 0 Å². The Morgan fingerprint density at radius 3 is 2.73 bits per heavy atom. The lowest BCUT2D eigenvalue weighted by atomic mass is 10.4. The Morgan fingerprint density at radius 1 is 1.47 bits per heavy atom. The van der Waals surface area contributed by atoms with E-state index in [1.807, 2.05) is 0 Å². The summed E-state index contributed by atoms with van der Waals surface area (Å²) in [6, 6.07) is 0. The fourth-order valence-corrected chi connectivity index (χ4v) is 1.72. The van der Waals surface area contributed by atoms with Crippen molar-refractivity contribution in [2.45, 2.75) is 20.4 Å². The molecule has 15 heavy (non-hydrogen) atoms. The van der Waals surface area contributed by atoms with Gasteiger partial charge in [0.1, 0.15) is 4.47 Å². The average molecular weight is 274 g/mol. The Morgan fingerprint density at radius 2 is 2.13 bits per heavy atom. The third kappa shape index (κ3) is 3.43. The molecule has 0 amide bonds. The SMILES string of the molecule is CCN(CC)CCn1cncc(Br)c1=O. The van der Waals surface area contributed by atoms with Gasteiger partial charge in [-0.3, -0.25) is 9.36 Å². The van der Waals surface area contributed by atoms with Gasteiger partial charge in [-0.05, 0) is 29.0 Å². The van der Waals surface area contributed by atoms with Gasteiger partial charge in [-0.2, -0.15) is 0 Å². The topological polar surface area (TPSA) is 38.1 Å². The van der Waals surface area contributed by atoms with Crippen molar-refractivity contribution >= 4 is 15.9 Å². The van der Waals surface area contributed by atoms with Gasteiger partial charge >= 0.3 is 0 Å². The molecule has 0 fully saturated rings. The third-order valence-corrected chi connectivity index (χ3v) is 2.95. The molecule has 0 bridgehead atoms. The van der Waals surface area contributed by atoms with E-state index in [9.17, 15) is 4.79 Å². The van der Waals surface area contributed by atoms with Gasteiger partial charge in [0, 0.05) is 19.3 Å². The molecule has 0 saturated carbocycles. The van der Waals surface area contributed by atoms with Crippen LogP contribution in [-0.2, 0) is 6.54 Å². The van der Waals surface area contributed by atoms with Crippen molar-refractivity contribution < 1.29 is 0 Å². The first kappa shape index (κ1) is 12.4. The fraction of sp³-hybridized carbons (Fsp3) is 0.600. The van der Waals surface area contributed by atoms with E-state index in [2.05, 4.69) is 39.7 Å². The molecule has 1 aromatic heterocycles. The molecule has 0 aromatic carbocycles. The molecule has 0 aliphatic heterocycles. The quantitative estimate of drug-likeness (QED) is 0.813. The second-order valence-electron chi connectivity index (χ2n) is 3.27. The summed E-state index contributed by atoms with van der Waals surface area (Å²) in [7, 11) is 0. The van der Waals surface area contributed by atoms with Crippen LogP contribution in [0.3, 0.4) is 0 Å². The monoisotopic (exact) mass is 273 g/mol. The molecule has 84 valence electrons.